The number of H-pyrrole nitrogens is 2. The summed E-state index contributed by atoms with van der Waals surface area (Å²) in [6.45, 7) is 12.1. The van der Waals surface area contributed by atoms with Gasteiger partial charge in [-0.25, -0.2) is 14.8 Å². The lowest BCUT2D eigenvalue weighted by Crippen LogP contribution is -2.58. The molecule has 3 amide bonds. The van der Waals surface area contributed by atoms with Crippen LogP contribution in [0.3, 0.4) is 0 Å². The topological polar surface area (TPSA) is 176 Å². The van der Waals surface area contributed by atoms with Gasteiger partial charge in [0.05, 0.1) is 54.9 Å². The van der Waals surface area contributed by atoms with Gasteiger partial charge in [0.2, 0.25) is 11.8 Å². The fourth-order valence-corrected chi connectivity index (χ4v) is 10.5. The fourth-order valence-electron chi connectivity index (χ4n) is 10.5. The van der Waals surface area contributed by atoms with E-state index in [1.165, 1.54) is 7.11 Å². The summed E-state index contributed by atoms with van der Waals surface area (Å²) in [5.41, 5.74) is 6.30. The third-order valence-electron chi connectivity index (χ3n) is 14.2. The Morgan fingerprint density at radius 3 is 2.35 bits per heavy atom. The largest absolute Gasteiger partial charge is 0.488 e. The molecule has 2 aromatic heterocycles. The zero-order valence-electron chi connectivity index (χ0n) is 37.4. The fraction of sp³-hybridized carbons (Fsp3) is 0.521. The van der Waals surface area contributed by atoms with Crippen molar-refractivity contribution in [3.63, 3.8) is 0 Å². The standard InChI is InChI=1S/C48H60N8O7/c1-26(2)40(50-25-60-6)45(57)55-27(3)8-14-37(55)43-49-23-36(52-43)30-10-12-32-31(20-30)24-63-39-22-33-29(21-34(32)39)11-13-35-41(33)53-44(51-35)38-15-9-28(4)56(38)46(58)42(54-47(59)61-7)48(5)16-18-62-19-17-48/h10-13,20-23,26-28,37-38,40,42,50H,8-9,14-19,24-25H2,1-7H3,(H,49,52)(H,51,53)(H,54,59). The van der Waals surface area contributed by atoms with Gasteiger partial charge in [0.1, 0.15) is 30.0 Å². The molecular formula is C48H60N8O7. The number of alkyl carbamates (subject to hydrolysis) is 1. The number of likely N-dealkylation sites (tertiary alicyclic amines) is 2. The van der Waals surface area contributed by atoms with Crippen LogP contribution in [0.4, 0.5) is 4.79 Å². The smallest absolute Gasteiger partial charge is 0.407 e. The van der Waals surface area contributed by atoms with Crippen LogP contribution in [0.15, 0.2) is 48.7 Å². The van der Waals surface area contributed by atoms with Crippen molar-refractivity contribution >= 4 is 39.7 Å². The van der Waals surface area contributed by atoms with Crippen LogP contribution in [0.2, 0.25) is 0 Å². The molecule has 6 heterocycles. The summed E-state index contributed by atoms with van der Waals surface area (Å²) < 4.78 is 22.3. The predicted molar refractivity (Wildman–Crippen MR) is 239 cm³/mol. The molecule has 334 valence electrons. The maximum Gasteiger partial charge on any atom is 0.407 e. The molecule has 63 heavy (non-hydrogen) atoms. The van der Waals surface area contributed by atoms with Crippen LogP contribution in [0, 0.1) is 11.3 Å². The summed E-state index contributed by atoms with van der Waals surface area (Å²) in [6.07, 6.45) is 5.86. The molecule has 5 aromatic rings. The van der Waals surface area contributed by atoms with Crippen molar-refractivity contribution in [3.8, 4) is 28.1 Å². The van der Waals surface area contributed by atoms with Crippen molar-refractivity contribution in [2.75, 3.05) is 34.2 Å². The molecule has 4 N–H and O–H groups in total. The van der Waals surface area contributed by atoms with Gasteiger partial charge in [-0.05, 0) is 105 Å². The average Bonchev–Trinajstić information content (AvgIpc) is 4.10. The monoisotopic (exact) mass is 860 g/mol. The van der Waals surface area contributed by atoms with E-state index in [2.05, 4.69) is 90.8 Å². The summed E-state index contributed by atoms with van der Waals surface area (Å²) in [4.78, 5) is 62.1. The Labute approximate surface area is 368 Å². The molecule has 0 saturated carbocycles. The second-order valence-corrected chi connectivity index (χ2v) is 18.6. The number of hydrogen-bond acceptors (Lipinski definition) is 10. The summed E-state index contributed by atoms with van der Waals surface area (Å²) >= 11 is 0. The molecule has 15 heteroatoms. The number of nitrogens with one attached hydrogen (secondary N) is 4. The highest BCUT2D eigenvalue weighted by Gasteiger charge is 2.48. The second-order valence-electron chi connectivity index (χ2n) is 18.6. The number of methoxy groups -OCH3 is 2. The van der Waals surface area contributed by atoms with E-state index in [1.807, 2.05) is 22.9 Å². The van der Waals surface area contributed by atoms with Crippen molar-refractivity contribution < 1.29 is 33.3 Å². The van der Waals surface area contributed by atoms with E-state index in [4.69, 9.17) is 28.9 Å². The molecule has 0 radical (unpaired) electrons. The molecular weight excluding hydrogens is 801 g/mol. The number of fused-ring (bicyclic) bond motifs is 6. The van der Waals surface area contributed by atoms with Gasteiger partial charge in [-0.1, -0.05) is 39.0 Å². The van der Waals surface area contributed by atoms with Gasteiger partial charge in [-0.2, -0.15) is 0 Å². The number of ether oxygens (including phenoxy) is 4. The van der Waals surface area contributed by atoms with E-state index in [9.17, 15) is 14.4 Å². The van der Waals surface area contributed by atoms with Crippen LogP contribution >= 0.6 is 0 Å². The van der Waals surface area contributed by atoms with Crippen molar-refractivity contribution in [1.82, 2.24) is 40.4 Å². The Hall–Kier alpha value is -5.51. The molecule has 0 spiro atoms. The SMILES string of the molecule is COCNC(C(=O)N1C(C)CCC1c1ncc(-c2ccc3c(c2)COc2cc4c(ccc5[nH]c(C6CCC(C)N6C(=O)C(NC(=O)OC)C6(C)CCOCC6)nc54)cc2-3)[nH]1)C(C)C. The van der Waals surface area contributed by atoms with Crippen molar-refractivity contribution in [1.29, 1.82) is 0 Å². The lowest BCUT2D eigenvalue weighted by Gasteiger charge is -2.42. The quantitative estimate of drug-likeness (QED) is 0.0972. The molecule has 6 unspecified atom stereocenters. The number of aromatic nitrogens is 4. The van der Waals surface area contributed by atoms with E-state index in [-0.39, 0.29) is 47.9 Å². The number of imidazole rings is 2. The molecule has 3 saturated heterocycles. The maximum absolute atomic E-state index is 14.6. The normalized spacial score (nSPS) is 22.8. The van der Waals surface area contributed by atoms with Crippen LogP contribution in [-0.2, 0) is 30.4 Å². The van der Waals surface area contributed by atoms with Gasteiger partial charge < -0.3 is 44.0 Å². The second kappa shape index (κ2) is 17.2. The third-order valence-corrected chi connectivity index (χ3v) is 14.2. The van der Waals surface area contributed by atoms with Crippen LogP contribution < -0.4 is 15.4 Å². The Bertz CT molecular complexity index is 2530. The molecule has 9 rings (SSSR count). The molecule has 4 aliphatic heterocycles. The summed E-state index contributed by atoms with van der Waals surface area (Å²) in [7, 11) is 2.94. The van der Waals surface area contributed by atoms with E-state index in [0.29, 0.717) is 39.4 Å². The number of aromatic amines is 2. The van der Waals surface area contributed by atoms with Gasteiger partial charge in [0, 0.05) is 48.8 Å². The maximum atomic E-state index is 14.6. The van der Waals surface area contributed by atoms with Crippen LogP contribution in [0.1, 0.15) is 102 Å². The number of carbonyl (C=O) groups is 3. The highest BCUT2D eigenvalue weighted by Crippen LogP contribution is 2.45. The first-order chi connectivity index (χ1) is 30.4. The Balaban J connectivity index is 0.971. The lowest BCUT2D eigenvalue weighted by atomic mass is 9.75. The number of hydrogen-bond donors (Lipinski definition) is 4. The summed E-state index contributed by atoms with van der Waals surface area (Å²) in [5.74, 6) is 2.35. The third kappa shape index (κ3) is 7.82. The van der Waals surface area contributed by atoms with Gasteiger partial charge in [0.25, 0.3) is 0 Å². The molecule has 0 bridgehead atoms. The minimum absolute atomic E-state index is 0.0434. The van der Waals surface area contributed by atoms with Crippen molar-refractivity contribution in [2.45, 2.75) is 116 Å². The van der Waals surface area contributed by atoms with Gasteiger partial charge in [-0.15, -0.1) is 0 Å². The van der Waals surface area contributed by atoms with Gasteiger partial charge in [-0.3, -0.25) is 14.9 Å². The van der Waals surface area contributed by atoms with E-state index >= 15 is 0 Å². The number of nitrogens with zero attached hydrogens (tertiary/aromatic N) is 4. The average molecular weight is 861 g/mol. The zero-order valence-corrected chi connectivity index (χ0v) is 37.4. The van der Waals surface area contributed by atoms with Crippen LogP contribution in [0.5, 0.6) is 5.75 Å². The molecule has 3 fully saturated rings. The highest BCUT2D eigenvalue weighted by atomic mass is 16.5. The number of rotatable bonds is 11. The Kier molecular flexibility index (Phi) is 11.7. The molecule has 6 atom stereocenters. The number of carbonyl (C=O) groups excluding carboxylic acids is 3. The predicted octanol–water partition coefficient (Wildman–Crippen LogP) is 7.53. The Morgan fingerprint density at radius 2 is 1.63 bits per heavy atom. The van der Waals surface area contributed by atoms with E-state index in [1.54, 1.807) is 7.11 Å². The van der Waals surface area contributed by atoms with Crippen LogP contribution in [0.25, 0.3) is 44.2 Å². The minimum atomic E-state index is -0.766. The van der Waals surface area contributed by atoms with Gasteiger partial charge in [0.15, 0.2) is 0 Å². The highest BCUT2D eigenvalue weighted by molar-refractivity contribution is 6.07. The van der Waals surface area contributed by atoms with Crippen LogP contribution in [-0.4, -0.2) is 106 Å². The molecule has 15 nitrogen and oxygen atoms in total. The molecule has 4 aliphatic rings. The lowest BCUT2D eigenvalue weighted by molar-refractivity contribution is -0.141. The van der Waals surface area contributed by atoms with E-state index in [0.717, 1.165) is 92.8 Å². The first kappa shape index (κ1) is 42.8. The summed E-state index contributed by atoms with van der Waals surface area (Å²) in [5, 5.41) is 8.16. The minimum Gasteiger partial charge on any atom is -0.488 e. The number of benzene rings is 3. The molecule has 3 aromatic carbocycles. The van der Waals surface area contributed by atoms with E-state index < -0.39 is 17.6 Å². The molecule has 0 aliphatic carbocycles. The zero-order chi connectivity index (χ0) is 44.2. The summed E-state index contributed by atoms with van der Waals surface area (Å²) in [6, 6.07) is 13.4. The van der Waals surface area contributed by atoms with Gasteiger partial charge >= 0.3 is 6.09 Å². The van der Waals surface area contributed by atoms with Crippen molar-refractivity contribution in [3.05, 3.63) is 65.9 Å². The van der Waals surface area contributed by atoms with Crippen molar-refractivity contribution in [2.24, 2.45) is 11.3 Å². The first-order valence-electron chi connectivity index (χ1n) is 22.5. The Morgan fingerprint density at radius 1 is 0.905 bits per heavy atom. The number of amides is 3. The first-order valence-corrected chi connectivity index (χ1v) is 22.5.